The first-order valence-electron chi connectivity index (χ1n) is 7.39. The molecule has 0 saturated heterocycles. The first kappa shape index (κ1) is 14.5. The average Bonchev–Trinajstić information content (AvgIpc) is 3.06. The highest BCUT2D eigenvalue weighted by atomic mass is 32.1. The smallest absolute Gasteiger partial charge is 0.345 e. The third-order valence-electron chi connectivity index (χ3n) is 3.48. The molecule has 0 atom stereocenters. The van der Waals surface area contributed by atoms with Crippen LogP contribution in [0.3, 0.4) is 0 Å². The summed E-state index contributed by atoms with van der Waals surface area (Å²) in [6, 6.07) is 20.3. The van der Waals surface area contributed by atoms with Crippen LogP contribution < -0.4 is 4.74 Å². The van der Waals surface area contributed by atoms with E-state index in [-0.39, 0.29) is 0 Å². The lowest BCUT2D eigenvalue weighted by Gasteiger charge is -2.06. The summed E-state index contributed by atoms with van der Waals surface area (Å²) in [5.41, 5.74) is 1.84. The maximum absolute atomic E-state index is 12.5. The van der Waals surface area contributed by atoms with E-state index < -0.39 is 5.97 Å². The number of thiazole rings is 1. The molecule has 2 aromatic heterocycles. The molecule has 0 fully saturated rings. The molecule has 0 saturated carbocycles. The first-order chi connectivity index (χ1) is 11.8. The number of fused-ring (bicyclic) bond motifs is 1. The number of benzene rings is 2. The number of aromatic nitrogens is 2. The summed E-state index contributed by atoms with van der Waals surface area (Å²) in [6.45, 7) is 0. The fraction of sp³-hybridized carbons (Fsp3) is 0. The van der Waals surface area contributed by atoms with Crippen molar-refractivity contribution in [3.8, 4) is 16.5 Å². The number of nitrogens with zero attached hydrogens (tertiary/aromatic N) is 2. The number of carbonyl (C=O) groups excluding carboxylic acids is 1. The summed E-state index contributed by atoms with van der Waals surface area (Å²) < 4.78 is 6.49. The van der Waals surface area contributed by atoms with Crippen LogP contribution in [0.2, 0.25) is 0 Å². The number of carbonyl (C=O) groups is 1. The van der Waals surface area contributed by atoms with E-state index in [1.165, 1.54) is 11.3 Å². The van der Waals surface area contributed by atoms with Crippen LogP contribution in [0, 0.1) is 0 Å². The molecule has 4 nitrogen and oxygen atoms in total. The Morgan fingerprint density at radius 1 is 0.917 bits per heavy atom. The van der Waals surface area contributed by atoms with Crippen molar-refractivity contribution in [3.05, 3.63) is 78.5 Å². The van der Waals surface area contributed by atoms with E-state index in [1.807, 2.05) is 42.5 Å². The van der Waals surface area contributed by atoms with Crippen molar-refractivity contribution < 1.29 is 9.53 Å². The lowest BCUT2D eigenvalue weighted by atomic mass is 10.2. The third-order valence-corrected chi connectivity index (χ3v) is 4.52. The number of para-hydroxylation sites is 2. The monoisotopic (exact) mass is 332 g/mol. The van der Waals surface area contributed by atoms with Gasteiger partial charge in [-0.2, -0.15) is 0 Å². The van der Waals surface area contributed by atoms with E-state index in [1.54, 1.807) is 30.5 Å². The van der Waals surface area contributed by atoms with Crippen LogP contribution in [0.1, 0.15) is 10.4 Å². The van der Waals surface area contributed by atoms with Gasteiger partial charge in [-0.05, 0) is 36.4 Å². The van der Waals surface area contributed by atoms with E-state index in [2.05, 4.69) is 9.97 Å². The van der Waals surface area contributed by atoms with Crippen LogP contribution in [0.5, 0.6) is 5.75 Å². The molecule has 4 rings (SSSR count). The molecule has 24 heavy (non-hydrogen) atoms. The molecule has 0 bridgehead atoms. The third kappa shape index (κ3) is 2.77. The Hall–Kier alpha value is -3.05. The predicted octanol–water partition coefficient (Wildman–Crippen LogP) is 4.58. The van der Waals surface area contributed by atoms with Crippen LogP contribution in [0.25, 0.3) is 20.9 Å². The van der Waals surface area contributed by atoms with Crippen molar-refractivity contribution >= 4 is 27.5 Å². The second-order valence-electron chi connectivity index (χ2n) is 5.09. The summed E-state index contributed by atoms with van der Waals surface area (Å²) in [5.74, 6) is 0.0603. The summed E-state index contributed by atoms with van der Waals surface area (Å²) in [6.07, 6.45) is 1.65. The quantitative estimate of drug-likeness (QED) is 0.407. The Labute approximate surface area is 142 Å². The van der Waals surface area contributed by atoms with Gasteiger partial charge in [-0.1, -0.05) is 30.3 Å². The highest BCUT2D eigenvalue weighted by Crippen LogP contribution is 2.31. The van der Waals surface area contributed by atoms with Gasteiger partial charge in [0.1, 0.15) is 16.5 Å². The maximum atomic E-state index is 12.5. The summed E-state index contributed by atoms with van der Waals surface area (Å²) in [5, 5.41) is 0.705. The van der Waals surface area contributed by atoms with Crippen molar-refractivity contribution in [1.29, 1.82) is 0 Å². The molecule has 4 aromatic rings. The molecule has 0 unspecified atom stereocenters. The highest BCUT2D eigenvalue weighted by molar-refractivity contribution is 7.21. The Bertz CT molecular complexity index is 979. The van der Waals surface area contributed by atoms with Gasteiger partial charge in [0.25, 0.3) is 0 Å². The Balaban J connectivity index is 1.73. The highest BCUT2D eigenvalue weighted by Gasteiger charge is 2.18. The molecule has 2 aromatic carbocycles. The van der Waals surface area contributed by atoms with E-state index >= 15 is 0 Å². The lowest BCUT2D eigenvalue weighted by Crippen LogP contribution is -2.10. The van der Waals surface area contributed by atoms with E-state index in [0.29, 0.717) is 22.0 Å². The van der Waals surface area contributed by atoms with Crippen molar-refractivity contribution in [1.82, 2.24) is 9.97 Å². The zero-order valence-electron chi connectivity index (χ0n) is 12.5. The standard InChI is InChI=1S/C19H12N2O2S/c22-19(23-13-7-2-1-3-8-13)14-9-6-12-20-17(14)18-21-15-10-4-5-11-16(15)24-18/h1-12H. The predicted molar refractivity (Wildman–Crippen MR) is 94.3 cm³/mol. The molecule has 5 heteroatoms. The van der Waals surface area contributed by atoms with Crippen LogP contribution in [0.4, 0.5) is 0 Å². The Kier molecular flexibility index (Phi) is 3.76. The maximum Gasteiger partial charge on any atom is 0.345 e. The van der Waals surface area contributed by atoms with Crippen LogP contribution in [-0.2, 0) is 0 Å². The fourth-order valence-corrected chi connectivity index (χ4v) is 3.34. The second kappa shape index (κ2) is 6.22. The number of pyridine rings is 1. The largest absolute Gasteiger partial charge is 0.423 e. The molecule has 0 spiro atoms. The molecular weight excluding hydrogens is 320 g/mol. The number of hydrogen-bond donors (Lipinski definition) is 0. The first-order valence-corrected chi connectivity index (χ1v) is 8.21. The van der Waals surface area contributed by atoms with Crippen LogP contribution >= 0.6 is 11.3 Å². The molecule has 0 aliphatic carbocycles. The number of rotatable bonds is 3. The molecule has 0 aliphatic heterocycles. The molecule has 0 N–H and O–H groups in total. The van der Waals surface area contributed by atoms with Crippen LogP contribution in [-0.4, -0.2) is 15.9 Å². The fourth-order valence-electron chi connectivity index (χ4n) is 2.36. The normalized spacial score (nSPS) is 10.7. The summed E-state index contributed by atoms with van der Waals surface area (Å²) in [7, 11) is 0. The number of hydrogen-bond acceptors (Lipinski definition) is 5. The number of esters is 1. The van der Waals surface area contributed by atoms with Gasteiger partial charge >= 0.3 is 5.97 Å². The van der Waals surface area contributed by atoms with Crippen molar-refractivity contribution in [2.24, 2.45) is 0 Å². The molecule has 0 amide bonds. The minimum absolute atomic E-state index is 0.403. The van der Waals surface area contributed by atoms with Gasteiger partial charge in [0.15, 0.2) is 0 Å². The van der Waals surface area contributed by atoms with Gasteiger partial charge in [-0.25, -0.2) is 9.78 Å². The van der Waals surface area contributed by atoms with Crippen molar-refractivity contribution in [2.75, 3.05) is 0 Å². The zero-order valence-corrected chi connectivity index (χ0v) is 13.4. The Morgan fingerprint density at radius 3 is 2.54 bits per heavy atom. The summed E-state index contributed by atoms with van der Waals surface area (Å²) in [4.78, 5) is 21.5. The van der Waals surface area contributed by atoms with Gasteiger partial charge in [0.05, 0.1) is 15.8 Å². The van der Waals surface area contributed by atoms with E-state index in [0.717, 1.165) is 10.2 Å². The summed E-state index contributed by atoms with van der Waals surface area (Å²) >= 11 is 1.51. The average molecular weight is 332 g/mol. The van der Waals surface area contributed by atoms with Gasteiger partial charge in [-0.15, -0.1) is 11.3 Å². The molecule has 116 valence electrons. The zero-order chi connectivity index (χ0) is 16.4. The van der Waals surface area contributed by atoms with Gasteiger partial charge in [0.2, 0.25) is 0 Å². The topological polar surface area (TPSA) is 52.1 Å². The van der Waals surface area contributed by atoms with Crippen LogP contribution in [0.15, 0.2) is 72.9 Å². The SMILES string of the molecule is O=C(Oc1ccccc1)c1cccnc1-c1nc2ccccc2s1. The molecule has 2 heterocycles. The van der Waals surface area contributed by atoms with Gasteiger partial charge in [-0.3, -0.25) is 4.98 Å². The second-order valence-corrected chi connectivity index (χ2v) is 6.12. The minimum atomic E-state index is -0.441. The van der Waals surface area contributed by atoms with Crippen molar-refractivity contribution in [3.63, 3.8) is 0 Å². The Morgan fingerprint density at radius 2 is 1.71 bits per heavy atom. The van der Waals surface area contributed by atoms with Crippen molar-refractivity contribution in [2.45, 2.75) is 0 Å². The molecule has 0 aliphatic rings. The van der Waals surface area contributed by atoms with E-state index in [9.17, 15) is 4.79 Å². The van der Waals surface area contributed by atoms with Gasteiger partial charge < -0.3 is 4.74 Å². The minimum Gasteiger partial charge on any atom is -0.423 e. The van der Waals surface area contributed by atoms with E-state index in [4.69, 9.17) is 4.74 Å². The van der Waals surface area contributed by atoms with Gasteiger partial charge in [0, 0.05) is 6.20 Å². The lowest BCUT2D eigenvalue weighted by molar-refractivity contribution is 0.0735. The number of ether oxygens (including phenoxy) is 1. The molecular formula is C19H12N2O2S. The molecule has 0 radical (unpaired) electrons.